The molecule has 0 saturated carbocycles. The van der Waals surface area contributed by atoms with Gasteiger partial charge in [0.05, 0.1) is 24.0 Å². The zero-order chi connectivity index (χ0) is 14.0. The van der Waals surface area contributed by atoms with Crippen LogP contribution in [0.3, 0.4) is 0 Å². The number of hydrogen-bond donors (Lipinski definition) is 1. The van der Waals surface area contributed by atoms with Crippen LogP contribution in [0.2, 0.25) is 0 Å². The zero-order valence-corrected chi connectivity index (χ0v) is 11.7. The lowest BCUT2D eigenvalue weighted by Gasteiger charge is -2.40. The Morgan fingerprint density at radius 2 is 2.16 bits per heavy atom. The van der Waals surface area contributed by atoms with Crippen LogP contribution < -0.4 is 10.6 Å². The molecule has 1 heterocycles. The first-order valence-electron chi connectivity index (χ1n) is 6.46. The minimum absolute atomic E-state index is 0.331. The van der Waals surface area contributed by atoms with Gasteiger partial charge in [-0.15, -0.1) is 0 Å². The van der Waals surface area contributed by atoms with Gasteiger partial charge in [0.15, 0.2) is 0 Å². The molecule has 0 aliphatic carbocycles. The van der Waals surface area contributed by atoms with E-state index in [1.165, 1.54) is 7.11 Å². The van der Waals surface area contributed by atoms with E-state index in [9.17, 15) is 4.79 Å². The van der Waals surface area contributed by atoms with Gasteiger partial charge in [0, 0.05) is 25.7 Å². The highest BCUT2D eigenvalue weighted by atomic mass is 16.5. The van der Waals surface area contributed by atoms with Crippen molar-refractivity contribution in [2.24, 2.45) is 0 Å². The van der Waals surface area contributed by atoms with Gasteiger partial charge >= 0.3 is 5.97 Å². The molecule has 0 bridgehead atoms. The van der Waals surface area contributed by atoms with E-state index in [-0.39, 0.29) is 5.97 Å². The average molecular weight is 263 g/mol. The molecule has 0 radical (unpaired) electrons. The van der Waals surface area contributed by atoms with Crippen molar-refractivity contribution in [3.05, 3.63) is 23.8 Å². The summed E-state index contributed by atoms with van der Waals surface area (Å²) in [6, 6.07) is 5.66. The molecule has 1 aliphatic heterocycles. The number of nitrogens with zero attached hydrogens (tertiary/aromatic N) is 2. The van der Waals surface area contributed by atoms with Gasteiger partial charge in [0.1, 0.15) is 0 Å². The monoisotopic (exact) mass is 263 g/mol. The van der Waals surface area contributed by atoms with Crippen molar-refractivity contribution in [2.75, 3.05) is 44.4 Å². The number of nitrogens with two attached hydrogens (primary N) is 1. The molecule has 1 aliphatic rings. The third kappa shape index (κ3) is 2.81. The van der Waals surface area contributed by atoms with Crippen molar-refractivity contribution in [3.8, 4) is 0 Å². The fourth-order valence-electron chi connectivity index (χ4n) is 2.53. The second-order valence-electron chi connectivity index (χ2n) is 5.07. The molecule has 104 valence electrons. The molecule has 0 spiro atoms. The second kappa shape index (κ2) is 5.48. The topological polar surface area (TPSA) is 58.8 Å². The van der Waals surface area contributed by atoms with E-state index in [4.69, 9.17) is 10.5 Å². The number of esters is 1. The van der Waals surface area contributed by atoms with Crippen LogP contribution in [-0.4, -0.2) is 50.7 Å². The predicted octanol–water partition coefficient (Wildman–Crippen LogP) is 1.20. The second-order valence-corrected chi connectivity index (χ2v) is 5.07. The van der Waals surface area contributed by atoms with Gasteiger partial charge in [-0.1, -0.05) is 0 Å². The van der Waals surface area contributed by atoms with E-state index in [0.29, 0.717) is 17.3 Å². The van der Waals surface area contributed by atoms with Crippen molar-refractivity contribution in [3.63, 3.8) is 0 Å². The Bertz CT molecular complexity index is 476. The van der Waals surface area contributed by atoms with Gasteiger partial charge in [0.25, 0.3) is 0 Å². The van der Waals surface area contributed by atoms with Crippen LogP contribution in [0.4, 0.5) is 11.4 Å². The number of piperazine rings is 1. The minimum atomic E-state index is -0.331. The summed E-state index contributed by atoms with van der Waals surface area (Å²) >= 11 is 0. The van der Waals surface area contributed by atoms with Gasteiger partial charge in [-0.2, -0.15) is 0 Å². The maximum Gasteiger partial charge on any atom is 0.337 e. The molecule has 0 aromatic heterocycles. The SMILES string of the molecule is COC(=O)c1ccc(N)c(N2CCN(C)CC2C)c1. The summed E-state index contributed by atoms with van der Waals surface area (Å²) in [4.78, 5) is 16.1. The lowest BCUT2D eigenvalue weighted by molar-refractivity contribution is 0.0601. The van der Waals surface area contributed by atoms with Crippen molar-refractivity contribution in [1.29, 1.82) is 0 Å². The molecule has 5 nitrogen and oxygen atoms in total. The molecule has 2 N–H and O–H groups in total. The number of carbonyl (C=O) groups excluding carboxylic acids is 1. The summed E-state index contributed by atoms with van der Waals surface area (Å²) in [5.74, 6) is -0.331. The van der Waals surface area contributed by atoms with Crippen LogP contribution >= 0.6 is 0 Å². The van der Waals surface area contributed by atoms with Gasteiger partial charge < -0.3 is 20.3 Å². The summed E-state index contributed by atoms with van der Waals surface area (Å²) in [5, 5.41) is 0. The number of ether oxygens (including phenoxy) is 1. The number of benzene rings is 1. The van der Waals surface area contributed by atoms with Crippen molar-refractivity contribution < 1.29 is 9.53 Å². The number of likely N-dealkylation sites (N-methyl/N-ethyl adjacent to an activating group) is 1. The standard InChI is InChI=1S/C14H21N3O2/c1-10-9-16(2)6-7-17(10)13-8-11(14(18)19-3)4-5-12(13)15/h4-5,8,10H,6-7,9,15H2,1-3H3. The fourth-order valence-corrected chi connectivity index (χ4v) is 2.53. The zero-order valence-electron chi connectivity index (χ0n) is 11.7. The van der Waals surface area contributed by atoms with Crippen molar-refractivity contribution >= 4 is 17.3 Å². The molecule has 1 aromatic carbocycles. The maximum atomic E-state index is 11.6. The van der Waals surface area contributed by atoms with Crippen LogP contribution in [0.15, 0.2) is 18.2 Å². The first kappa shape index (κ1) is 13.7. The van der Waals surface area contributed by atoms with Crippen LogP contribution in [-0.2, 0) is 4.74 Å². The first-order chi connectivity index (χ1) is 9.02. The number of hydrogen-bond acceptors (Lipinski definition) is 5. The highest BCUT2D eigenvalue weighted by Gasteiger charge is 2.23. The average Bonchev–Trinajstić information content (AvgIpc) is 2.39. The molecule has 1 saturated heterocycles. The summed E-state index contributed by atoms with van der Waals surface area (Å²) in [6.07, 6.45) is 0. The number of carbonyl (C=O) groups is 1. The summed E-state index contributed by atoms with van der Waals surface area (Å²) in [5.41, 5.74) is 8.21. The quantitative estimate of drug-likeness (QED) is 0.641. The van der Waals surface area contributed by atoms with Crippen LogP contribution in [0, 0.1) is 0 Å². The van der Waals surface area contributed by atoms with Crippen LogP contribution in [0.25, 0.3) is 0 Å². The molecular formula is C14H21N3O2. The Morgan fingerprint density at radius 1 is 1.42 bits per heavy atom. The lowest BCUT2D eigenvalue weighted by atomic mass is 10.1. The summed E-state index contributed by atoms with van der Waals surface area (Å²) < 4.78 is 4.76. The Balaban J connectivity index is 2.30. The minimum Gasteiger partial charge on any atom is -0.465 e. The van der Waals surface area contributed by atoms with Crippen molar-refractivity contribution in [2.45, 2.75) is 13.0 Å². The molecule has 1 fully saturated rings. The smallest absolute Gasteiger partial charge is 0.337 e. The Labute approximate surface area is 113 Å². The summed E-state index contributed by atoms with van der Waals surface area (Å²) in [7, 11) is 3.50. The Hall–Kier alpha value is -1.75. The normalized spacial score (nSPS) is 20.4. The Morgan fingerprint density at radius 3 is 2.79 bits per heavy atom. The molecule has 1 unspecified atom stereocenters. The highest BCUT2D eigenvalue weighted by molar-refractivity contribution is 5.92. The molecule has 1 atom stereocenters. The van der Waals surface area contributed by atoms with Crippen LogP contribution in [0.5, 0.6) is 0 Å². The predicted molar refractivity (Wildman–Crippen MR) is 76.5 cm³/mol. The number of rotatable bonds is 2. The fraction of sp³-hybridized carbons (Fsp3) is 0.500. The molecular weight excluding hydrogens is 242 g/mol. The highest BCUT2D eigenvalue weighted by Crippen LogP contribution is 2.28. The lowest BCUT2D eigenvalue weighted by Crippen LogP contribution is -2.50. The summed E-state index contributed by atoms with van der Waals surface area (Å²) in [6.45, 7) is 5.06. The van der Waals surface area contributed by atoms with Gasteiger partial charge in [-0.25, -0.2) is 4.79 Å². The van der Waals surface area contributed by atoms with Crippen LogP contribution in [0.1, 0.15) is 17.3 Å². The Kier molecular flexibility index (Phi) is 3.95. The third-order valence-electron chi connectivity index (χ3n) is 3.59. The van der Waals surface area contributed by atoms with E-state index in [2.05, 4.69) is 23.8 Å². The van der Waals surface area contributed by atoms with E-state index >= 15 is 0 Å². The van der Waals surface area contributed by atoms with Gasteiger partial charge in [-0.05, 0) is 32.2 Å². The molecule has 1 aromatic rings. The largest absolute Gasteiger partial charge is 0.465 e. The molecule has 2 rings (SSSR count). The van der Waals surface area contributed by atoms with E-state index in [1.54, 1.807) is 12.1 Å². The van der Waals surface area contributed by atoms with E-state index in [1.807, 2.05) is 6.07 Å². The van der Waals surface area contributed by atoms with Gasteiger partial charge in [-0.3, -0.25) is 0 Å². The molecule has 5 heteroatoms. The first-order valence-corrected chi connectivity index (χ1v) is 6.46. The molecule has 19 heavy (non-hydrogen) atoms. The third-order valence-corrected chi connectivity index (χ3v) is 3.59. The van der Waals surface area contributed by atoms with E-state index < -0.39 is 0 Å². The van der Waals surface area contributed by atoms with E-state index in [0.717, 1.165) is 25.3 Å². The number of methoxy groups -OCH3 is 1. The van der Waals surface area contributed by atoms with Gasteiger partial charge in [0.2, 0.25) is 0 Å². The van der Waals surface area contributed by atoms with Crippen molar-refractivity contribution in [1.82, 2.24) is 4.90 Å². The number of nitrogen functional groups attached to an aromatic ring is 1. The number of anilines is 2. The molecule has 0 amide bonds. The maximum absolute atomic E-state index is 11.6.